The molecule has 0 unspecified atom stereocenters. The molecule has 0 heterocycles. The van der Waals surface area contributed by atoms with Gasteiger partial charge in [-0.15, -0.1) is 11.8 Å². The van der Waals surface area contributed by atoms with E-state index in [0.717, 1.165) is 19.0 Å². The van der Waals surface area contributed by atoms with Crippen LogP contribution in [-0.4, -0.2) is 19.5 Å². The maximum Gasteiger partial charge on any atom is 0.0454 e. The molecule has 14 heavy (non-hydrogen) atoms. The van der Waals surface area contributed by atoms with Crippen LogP contribution in [0, 0.1) is 0 Å². The highest BCUT2D eigenvalue weighted by Crippen LogP contribution is 2.17. The van der Waals surface area contributed by atoms with Crippen molar-refractivity contribution in [2.24, 2.45) is 0 Å². The Bertz CT molecular complexity index is 246. The highest BCUT2D eigenvalue weighted by molar-refractivity contribution is 7.99. The quantitative estimate of drug-likeness (QED) is 0.427. The van der Waals surface area contributed by atoms with Gasteiger partial charge in [0, 0.05) is 18.1 Å². The lowest BCUT2D eigenvalue weighted by molar-refractivity contribution is 0.631. The largest absolute Gasteiger partial charge is 0.308 e. The predicted octanol–water partition coefficient (Wildman–Crippen LogP) is 2.07. The van der Waals surface area contributed by atoms with Crippen molar-refractivity contribution in [1.82, 2.24) is 10.6 Å². The number of benzene rings is 1. The van der Waals surface area contributed by atoms with Crippen molar-refractivity contribution in [1.29, 1.82) is 0 Å². The highest BCUT2D eigenvalue weighted by atomic mass is 32.2. The van der Waals surface area contributed by atoms with E-state index in [-0.39, 0.29) is 0 Å². The summed E-state index contributed by atoms with van der Waals surface area (Å²) in [5.74, 6) is 1.14. The van der Waals surface area contributed by atoms with E-state index in [1.807, 2.05) is 18.8 Å². The Morgan fingerprint density at radius 1 is 1.21 bits per heavy atom. The first-order chi connectivity index (χ1) is 6.86. The summed E-state index contributed by atoms with van der Waals surface area (Å²) in [6.45, 7) is 3.95. The fourth-order valence-electron chi connectivity index (χ4n) is 1.20. The van der Waals surface area contributed by atoms with Gasteiger partial charge in [-0.25, -0.2) is 0 Å². The van der Waals surface area contributed by atoms with Gasteiger partial charge >= 0.3 is 0 Å². The number of thioether (sulfide) groups is 1. The van der Waals surface area contributed by atoms with Gasteiger partial charge in [-0.3, -0.25) is 0 Å². The van der Waals surface area contributed by atoms with Gasteiger partial charge in [0.15, 0.2) is 0 Å². The second kappa shape index (κ2) is 6.87. The second-order valence-corrected chi connectivity index (χ2v) is 4.37. The minimum absolute atomic E-state index is 0.853. The van der Waals surface area contributed by atoms with Crippen molar-refractivity contribution in [2.75, 3.05) is 19.5 Å². The van der Waals surface area contributed by atoms with E-state index < -0.39 is 0 Å². The van der Waals surface area contributed by atoms with Crippen LogP contribution >= 0.6 is 11.8 Å². The molecule has 3 heteroatoms. The van der Waals surface area contributed by atoms with Crippen molar-refractivity contribution < 1.29 is 0 Å². The molecule has 0 aliphatic carbocycles. The van der Waals surface area contributed by atoms with E-state index in [1.54, 1.807) is 0 Å². The third-order valence-electron chi connectivity index (χ3n) is 1.87. The van der Waals surface area contributed by atoms with E-state index in [0.29, 0.717) is 0 Å². The third kappa shape index (κ3) is 4.13. The molecule has 0 bridgehead atoms. The lowest BCUT2D eigenvalue weighted by Gasteiger charge is -2.04. The van der Waals surface area contributed by atoms with Gasteiger partial charge in [0.1, 0.15) is 0 Å². The van der Waals surface area contributed by atoms with Gasteiger partial charge < -0.3 is 10.6 Å². The Balaban J connectivity index is 2.38. The fourth-order valence-corrected chi connectivity index (χ4v) is 1.86. The highest BCUT2D eigenvalue weighted by Gasteiger charge is 1.93. The standard InChI is InChI=1S/C11H18N2S/c1-3-14-11-6-4-10(5-7-11)8-13-9-12-2/h4-7,12-13H,3,8-9H2,1-2H3. The Kier molecular flexibility index (Phi) is 5.68. The Morgan fingerprint density at radius 3 is 2.50 bits per heavy atom. The molecular weight excluding hydrogens is 192 g/mol. The molecule has 1 aromatic carbocycles. The number of nitrogens with one attached hydrogen (secondary N) is 2. The van der Waals surface area contributed by atoms with Crippen LogP contribution in [0.4, 0.5) is 0 Å². The molecule has 0 saturated heterocycles. The maximum absolute atomic E-state index is 3.28. The molecule has 0 saturated carbocycles. The van der Waals surface area contributed by atoms with Crippen molar-refractivity contribution in [3.8, 4) is 0 Å². The first-order valence-corrected chi connectivity index (χ1v) is 5.92. The smallest absolute Gasteiger partial charge is 0.0454 e. The first kappa shape index (κ1) is 11.6. The van der Waals surface area contributed by atoms with Crippen LogP contribution < -0.4 is 10.6 Å². The van der Waals surface area contributed by atoms with E-state index >= 15 is 0 Å². The van der Waals surface area contributed by atoms with Crippen LogP contribution in [0.5, 0.6) is 0 Å². The molecule has 0 atom stereocenters. The van der Waals surface area contributed by atoms with Gasteiger partial charge in [0.2, 0.25) is 0 Å². The topological polar surface area (TPSA) is 24.1 Å². The van der Waals surface area contributed by atoms with E-state index in [4.69, 9.17) is 0 Å². The zero-order valence-corrected chi connectivity index (χ0v) is 9.66. The lowest BCUT2D eigenvalue weighted by atomic mass is 10.2. The van der Waals surface area contributed by atoms with Crippen LogP contribution in [-0.2, 0) is 6.54 Å². The van der Waals surface area contributed by atoms with Gasteiger partial charge in [-0.05, 0) is 30.5 Å². The molecule has 2 nitrogen and oxygen atoms in total. The van der Waals surface area contributed by atoms with Crippen LogP contribution in [0.3, 0.4) is 0 Å². The number of hydrogen-bond acceptors (Lipinski definition) is 3. The summed E-state index contributed by atoms with van der Waals surface area (Å²) in [4.78, 5) is 1.35. The molecule has 1 rings (SSSR count). The monoisotopic (exact) mass is 210 g/mol. The summed E-state index contributed by atoms with van der Waals surface area (Å²) in [6, 6.07) is 8.73. The van der Waals surface area contributed by atoms with Crippen molar-refractivity contribution in [3.05, 3.63) is 29.8 Å². The van der Waals surface area contributed by atoms with Crippen LogP contribution in [0.2, 0.25) is 0 Å². The molecule has 0 fully saturated rings. The van der Waals surface area contributed by atoms with Gasteiger partial charge in [0.05, 0.1) is 0 Å². The SMILES string of the molecule is CCSc1ccc(CNCNC)cc1. The summed E-state index contributed by atoms with van der Waals surface area (Å²) in [6.07, 6.45) is 0. The Labute approximate surface area is 90.5 Å². The fraction of sp³-hybridized carbons (Fsp3) is 0.455. The van der Waals surface area contributed by atoms with Gasteiger partial charge in [-0.1, -0.05) is 19.1 Å². The zero-order valence-electron chi connectivity index (χ0n) is 8.84. The molecule has 0 aliphatic heterocycles. The summed E-state index contributed by atoms with van der Waals surface area (Å²) in [5.41, 5.74) is 1.33. The summed E-state index contributed by atoms with van der Waals surface area (Å²) in [5, 5.41) is 6.34. The molecular formula is C11H18N2S. The summed E-state index contributed by atoms with van der Waals surface area (Å²) in [7, 11) is 1.94. The average Bonchev–Trinajstić information content (AvgIpc) is 2.21. The molecule has 0 spiro atoms. The second-order valence-electron chi connectivity index (χ2n) is 3.03. The molecule has 0 amide bonds. The Hall–Kier alpha value is -0.510. The molecule has 0 radical (unpaired) electrons. The van der Waals surface area contributed by atoms with E-state index in [1.165, 1.54) is 10.5 Å². The van der Waals surface area contributed by atoms with Gasteiger partial charge in [0.25, 0.3) is 0 Å². The Morgan fingerprint density at radius 2 is 1.93 bits per heavy atom. The first-order valence-electron chi connectivity index (χ1n) is 4.94. The van der Waals surface area contributed by atoms with Crippen molar-refractivity contribution in [2.45, 2.75) is 18.4 Å². The van der Waals surface area contributed by atoms with Crippen molar-refractivity contribution in [3.63, 3.8) is 0 Å². The van der Waals surface area contributed by atoms with E-state index in [9.17, 15) is 0 Å². The maximum atomic E-state index is 3.28. The molecule has 1 aromatic rings. The molecule has 0 aliphatic rings. The molecule has 0 aromatic heterocycles. The van der Waals surface area contributed by atoms with Crippen LogP contribution in [0.1, 0.15) is 12.5 Å². The average molecular weight is 210 g/mol. The minimum Gasteiger partial charge on any atom is -0.308 e. The predicted molar refractivity (Wildman–Crippen MR) is 63.6 cm³/mol. The van der Waals surface area contributed by atoms with E-state index in [2.05, 4.69) is 41.8 Å². The summed E-state index contributed by atoms with van der Waals surface area (Å²) >= 11 is 1.88. The number of hydrogen-bond donors (Lipinski definition) is 2. The molecule has 78 valence electrons. The summed E-state index contributed by atoms with van der Waals surface area (Å²) < 4.78 is 0. The lowest BCUT2D eigenvalue weighted by Crippen LogP contribution is -2.25. The van der Waals surface area contributed by atoms with Crippen molar-refractivity contribution >= 4 is 11.8 Å². The van der Waals surface area contributed by atoms with Crippen LogP contribution in [0.25, 0.3) is 0 Å². The van der Waals surface area contributed by atoms with Gasteiger partial charge in [-0.2, -0.15) is 0 Å². The normalized spacial score (nSPS) is 10.4. The zero-order chi connectivity index (χ0) is 10.2. The third-order valence-corrected chi connectivity index (χ3v) is 2.76. The van der Waals surface area contributed by atoms with Crippen LogP contribution in [0.15, 0.2) is 29.2 Å². The minimum atomic E-state index is 0.853. The molecule has 2 N–H and O–H groups in total. The number of rotatable bonds is 6.